The first kappa shape index (κ1) is 18.9. The van der Waals surface area contributed by atoms with Crippen molar-refractivity contribution in [2.75, 3.05) is 5.32 Å². The van der Waals surface area contributed by atoms with Gasteiger partial charge in [-0.05, 0) is 47.2 Å². The Morgan fingerprint density at radius 1 is 1.10 bits per heavy atom. The van der Waals surface area contributed by atoms with Gasteiger partial charge in [-0.25, -0.2) is 9.36 Å². The number of nitrogens with one attached hydrogen (secondary N) is 1. The van der Waals surface area contributed by atoms with Gasteiger partial charge in [0.15, 0.2) is 0 Å². The topological polar surface area (TPSA) is 134 Å². The van der Waals surface area contributed by atoms with E-state index < -0.39 is 4.92 Å². The molecular weight excluding hydrogens is 388 g/mol. The Balaban J connectivity index is 1.48. The molecule has 2 aromatic heterocycles. The average Bonchev–Trinajstić information content (AvgIpc) is 3.38. The van der Waals surface area contributed by atoms with Crippen molar-refractivity contribution in [1.82, 2.24) is 30.0 Å². The molecule has 1 N–H and O–H groups in total. The van der Waals surface area contributed by atoms with E-state index >= 15 is 0 Å². The van der Waals surface area contributed by atoms with Crippen LogP contribution in [-0.2, 0) is 11.2 Å². The fraction of sp³-hybridized carbons (Fsp3) is 0.105. The zero-order valence-corrected chi connectivity index (χ0v) is 15.8. The zero-order chi connectivity index (χ0) is 21.1. The fourth-order valence-electron chi connectivity index (χ4n) is 2.92. The maximum atomic E-state index is 12.6. The van der Waals surface area contributed by atoms with E-state index in [1.54, 1.807) is 25.1 Å². The largest absolute Gasteiger partial charge is 0.310 e. The third-order valence-electron chi connectivity index (χ3n) is 4.32. The molecule has 1 amide bonds. The van der Waals surface area contributed by atoms with Crippen molar-refractivity contribution in [2.24, 2.45) is 0 Å². The molecule has 0 atom stereocenters. The summed E-state index contributed by atoms with van der Waals surface area (Å²) in [7, 11) is 0. The highest BCUT2D eigenvalue weighted by Crippen LogP contribution is 2.20. The first-order valence-electron chi connectivity index (χ1n) is 8.93. The molecule has 2 aromatic carbocycles. The minimum absolute atomic E-state index is 0.0154. The Morgan fingerprint density at radius 3 is 2.43 bits per heavy atom. The number of aryl methyl sites for hydroxylation is 1. The third kappa shape index (κ3) is 4.04. The number of tetrazole rings is 1. The Labute approximate surface area is 170 Å². The number of hydrogen-bond donors (Lipinski definition) is 1. The van der Waals surface area contributed by atoms with Gasteiger partial charge < -0.3 is 5.32 Å². The summed E-state index contributed by atoms with van der Waals surface area (Å²) < 4.78 is 3.06. The highest BCUT2D eigenvalue weighted by atomic mass is 16.6. The molecule has 0 bridgehead atoms. The van der Waals surface area contributed by atoms with Gasteiger partial charge in [0, 0.05) is 18.2 Å². The van der Waals surface area contributed by atoms with Crippen molar-refractivity contribution >= 4 is 17.4 Å². The number of hydrogen-bond acceptors (Lipinski definition) is 7. The molecule has 2 heterocycles. The summed E-state index contributed by atoms with van der Waals surface area (Å²) in [5, 5.41) is 29.1. The molecule has 0 saturated carbocycles. The first-order valence-corrected chi connectivity index (χ1v) is 8.93. The van der Waals surface area contributed by atoms with Crippen LogP contribution in [0.15, 0.2) is 60.9 Å². The second kappa shape index (κ2) is 7.91. The van der Waals surface area contributed by atoms with Crippen molar-refractivity contribution in [1.29, 1.82) is 0 Å². The van der Waals surface area contributed by atoms with Crippen LogP contribution in [-0.4, -0.2) is 40.8 Å². The van der Waals surface area contributed by atoms with Crippen LogP contribution in [0.1, 0.15) is 11.3 Å². The van der Waals surface area contributed by atoms with Crippen LogP contribution in [0.2, 0.25) is 0 Å². The van der Waals surface area contributed by atoms with Crippen LogP contribution >= 0.6 is 0 Å². The molecular formula is C19H16N8O3. The molecule has 11 nitrogen and oxygen atoms in total. The molecule has 0 fully saturated rings. The van der Waals surface area contributed by atoms with E-state index in [0.29, 0.717) is 17.2 Å². The van der Waals surface area contributed by atoms with Crippen molar-refractivity contribution in [3.05, 3.63) is 82.3 Å². The summed E-state index contributed by atoms with van der Waals surface area (Å²) in [5.74, 6) is 0.268. The molecule has 0 aliphatic rings. The van der Waals surface area contributed by atoms with Gasteiger partial charge in [0.25, 0.3) is 5.69 Å². The third-order valence-corrected chi connectivity index (χ3v) is 4.32. The number of carbonyl (C=O) groups excluding carboxylic acids is 1. The lowest BCUT2D eigenvalue weighted by Gasteiger charge is -2.09. The maximum Gasteiger partial charge on any atom is 0.269 e. The molecule has 0 radical (unpaired) electrons. The van der Waals surface area contributed by atoms with Crippen molar-refractivity contribution in [3.63, 3.8) is 0 Å². The molecule has 0 aliphatic carbocycles. The van der Waals surface area contributed by atoms with E-state index in [0.717, 1.165) is 11.3 Å². The molecule has 0 spiro atoms. The number of rotatable bonds is 6. The molecule has 11 heteroatoms. The second-order valence-corrected chi connectivity index (χ2v) is 6.50. The van der Waals surface area contributed by atoms with Crippen molar-refractivity contribution < 1.29 is 9.72 Å². The zero-order valence-electron chi connectivity index (χ0n) is 15.8. The maximum absolute atomic E-state index is 12.6. The van der Waals surface area contributed by atoms with E-state index in [4.69, 9.17) is 0 Å². The summed E-state index contributed by atoms with van der Waals surface area (Å²) in [6.45, 7) is 1.80. The van der Waals surface area contributed by atoms with E-state index in [1.165, 1.54) is 27.8 Å². The SMILES string of the molecule is Cc1cc(NC(=O)Cc2ccc(-n3cnnn3)cc2)n(-c2ccc([N+](=O)[O-])cc2)n1. The predicted octanol–water partition coefficient (Wildman–Crippen LogP) is 2.25. The van der Waals surface area contributed by atoms with Crippen molar-refractivity contribution in [3.8, 4) is 11.4 Å². The molecule has 150 valence electrons. The van der Waals surface area contributed by atoms with E-state index in [1.807, 2.05) is 24.3 Å². The molecule has 0 saturated heterocycles. The van der Waals surface area contributed by atoms with Crippen LogP contribution in [0.25, 0.3) is 11.4 Å². The van der Waals surface area contributed by atoms with Crippen LogP contribution in [0.3, 0.4) is 0 Å². The number of nitro groups is 1. The monoisotopic (exact) mass is 404 g/mol. The molecule has 4 aromatic rings. The van der Waals surface area contributed by atoms with Gasteiger partial charge in [-0.3, -0.25) is 14.9 Å². The number of carbonyl (C=O) groups is 1. The average molecular weight is 404 g/mol. The van der Waals surface area contributed by atoms with Gasteiger partial charge in [-0.1, -0.05) is 12.1 Å². The number of nitro benzene ring substituents is 1. The summed E-state index contributed by atoms with van der Waals surface area (Å²) in [4.78, 5) is 22.9. The number of benzene rings is 2. The molecule has 0 unspecified atom stereocenters. The van der Waals surface area contributed by atoms with Gasteiger partial charge >= 0.3 is 0 Å². The number of nitrogens with zero attached hydrogens (tertiary/aromatic N) is 7. The highest BCUT2D eigenvalue weighted by Gasteiger charge is 2.13. The first-order chi connectivity index (χ1) is 14.5. The number of anilines is 1. The summed E-state index contributed by atoms with van der Waals surface area (Å²) in [5.41, 5.74) is 2.90. The van der Waals surface area contributed by atoms with Gasteiger partial charge in [0.1, 0.15) is 12.1 Å². The van der Waals surface area contributed by atoms with Crippen LogP contribution < -0.4 is 5.32 Å². The van der Waals surface area contributed by atoms with Crippen LogP contribution in [0, 0.1) is 17.0 Å². The highest BCUT2D eigenvalue weighted by molar-refractivity contribution is 5.91. The standard InChI is InChI=1S/C19H16N8O3/c1-13-10-18(26(22-13)16-6-8-17(9-7-16)27(29)30)21-19(28)11-14-2-4-15(5-3-14)25-12-20-23-24-25/h2-10,12H,11H2,1H3,(H,21,28). The van der Waals surface area contributed by atoms with Crippen molar-refractivity contribution in [2.45, 2.75) is 13.3 Å². The Kier molecular flexibility index (Phi) is 4.99. The smallest absolute Gasteiger partial charge is 0.269 e. The second-order valence-electron chi connectivity index (χ2n) is 6.50. The Hall–Kier alpha value is -4.41. The lowest BCUT2D eigenvalue weighted by molar-refractivity contribution is -0.384. The van der Waals surface area contributed by atoms with Gasteiger partial charge in [-0.2, -0.15) is 5.10 Å². The van der Waals surface area contributed by atoms with Crippen LogP contribution in [0.5, 0.6) is 0 Å². The van der Waals surface area contributed by atoms with Gasteiger partial charge in [0.2, 0.25) is 5.91 Å². The molecule has 0 aliphatic heterocycles. The number of amides is 1. The number of non-ortho nitro benzene ring substituents is 1. The van der Waals surface area contributed by atoms with E-state index in [9.17, 15) is 14.9 Å². The lowest BCUT2D eigenvalue weighted by atomic mass is 10.1. The Bertz CT molecular complexity index is 1180. The summed E-state index contributed by atoms with van der Waals surface area (Å²) in [6, 6.07) is 15.0. The minimum atomic E-state index is -0.467. The fourth-order valence-corrected chi connectivity index (χ4v) is 2.92. The molecule has 30 heavy (non-hydrogen) atoms. The molecule has 4 rings (SSSR count). The van der Waals surface area contributed by atoms with E-state index in [-0.39, 0.29) is 18.0 Å². The van der Waals surface area contributed by atoms with Gasteiger partial charge in [0.05, 0.1) is 28.4 Å². The van der Waals surface area contributed by atoms with E-state index in [2.05, 4.69) is 25.9 Å². The summed E-state index contributed by atoms with van der Waals surface area (Å²) in [6.07, 6.45) is 1.66. The minimum Gasteiger partial charge on any atom is -0.310 e. The van der Waals surface area contributed by atoms with Gasteiger partial charge in [-0.15, -0.1) is 5.10 Å². The predicted molar refractivity (Wildman–Crippen MR) is 106 cm³/mol. The Morgan fingerprint density at radius 2 is 1.80 bits per heavy atom. The normalized spacial score (nSPS) is 10.7. The van der Waals surface area contributed by atoms with Crippen LogP contribution in [0.4, 0.5) is 11.5 Å². The number of aromatic nitrogens is 6. The quantitative estimate of drug-likeness (QED) is 0.385. The summed E-state index contributed by atoms with van der Waals surface area (Å²) >= 11 is 0. The lowest BCUT2D eigenvalue weighted by Crippen LogP contribution is -2.17.